The number of methoxy groups -OCH3 is 1. The Morgan fingerprint density at radius 1 is 1.26 bits per heavy atom. The molecule has 19 heavy (non-hydrogen) atoms. The number of hydrogen-bond acceptors (Lipinski definition) is 3. The highest BCUT2D eigenvalue weighted by Gasteiger charge is 2.09. The van der Waals surface area contributed by atoms with Gasteiger partial charge in [0.1, 0.15) is 5.75 Å². The van der Waals surface area contributed by atoms with Gasteiger partial charge in [0.2, 0.25) is 0 Å². The van der Waals surface area contributed by atoms with Gasteiger partial charge in [0.05, 0.1) is 7.11 Å². The van der Waals surface area contributed by atoms with E-state index in [4.69, 9.17) is 9.84 Å². The third-order valence-electron chi connectivity index (χ3n) is 3.36. The van der Waals surface area contributed by atoms with Crippen molar-refractivity contribution in [2.24, 2.45) is 0 Å². The molecule has 1 aromatic rings. The maximum atomic E-state index is 8.81. The third-order valence-corrected chi connectivity index (χ3v) is 3.36. The van der Waals surface area contributed by atoms with Crippen LogP contribution in [0.3, 0.4) is 0 Å². The summed E-state index contributed by atoms with van der Waals surface area (Å²) in [6.45, 7) is 6.57. The largest absolute Gasteiger partial charge is 0.496 e. The van der Waals surface area contributed by atoms with Crippen LogP contribution in [0.4, 0.5) is 0 Å². The Bertz CT molecular complexity index is 377. The second-order valence-electron chi connectivity index (χ2n) is 5.39. The van der Waals surface area contributed by atoms with Gasteiger partial charge in [0, 0.05) is 18.7 Å². The van der Waals surface area contributed by atoms with Crippen molar-refractivity contribution in [1.82, 2.24) is 4.90 Å². The molecule has 0 aliphatic rings. The van der Waals surface area contributed by atoms with E-state index >= 15 is 0 Å². The van der Waals surface area contributed by atoms with Crippen molar-refractivity contribution in [2.45, 2.75) is 39.2 Å². The fraction of sp³-hybridized carbons (Fsp3) is 0.625. The summed E-state index contributed by atoms with van der Waals surface area (Å²) in [5.74, 6) is 1.49. The fourth-order valence-corrected chi connectivity index (χ4v) is 2.14. The van der Waals surface area contributed by atoms with Crippen LogP contribution in [0, 0.1) is 0 Å². The number of aliphatic hydroxyl groups is 1. The molecular formula is C16H27NO2. The van der Waals surface area contributed by atoms with Gasteiger partial charge in [-0.2, -0.15) is 0 Å². The predicted octanol–water partition coefficient (Wildman–Crippen LogP) is 3.02. The number of ether oxygens (including phenoxy) is 1. The maximum absolute atomic E-state index is 8.81. The molecule has 0 atom stereocenters. The van der Waals surface area contributed by atoms with E-state index in [-0.39, 0.29) is 6.61 Å². The number of nitrogens with zero attached hydrogens (tertiary/aromatic N) is 1. The van der Waals surface area contributed by atoms with Crippen molar-refractivity contribution in [3.63, 3.8) is 0 Å². The second-order valence-corrected chi connectivity index (χ2v) is 5.39. The van der Waals surface area contributed by atoms with E-state index < -0.39 is 0 Å². The van der Waals surface area contributed by atoms with Crippen molar-refractivity contribution >= 4 is 0 Å². The smallest absolute Gasteiger partial charge is 0.123 e. The summed E-state index contributed by atoms with van der Waals surface area (Å²) in [5, 5.41) is 8.81. The van der Waals surface area contributed by atoms with Gasteiger partial charge in [-0.25, -0.2) is 0 Å². The number of unbranched alkanes of at least 4 members (excludes halogenated alkanes) is 1. The Morgan fingerprint density at radius 2 is 2.00 bits per heavy atom. The molecule has 0 aliphatic carbocycles. The minimum atomic E-state index is 0.278. The first-order chi connectivity index (χ1) is 9.08. The Hall–Kier alpha value is -1.06. The van der Waals surface area contributed by atoms with Crippen molar-refractivity contribution < 1.29 is 9.84 Å². The normalized spacial score (nSPS) is 11.3. The average Bonchev–Trinajstić information content (AvgIpc) is 2.38. The predicted molar refractivity (Wildman–Crippen MR) is 79.7 cm³/mol. The molecule has 0 fully saturated rings. The first-order valence-corrected chi connectivity index (χ1v) is 7.04. The molecular weight excluding hydrogens is 238 g/mol. The summed E-state index contributed by atoms with van der Waals surface area (Å²) in [6, 6.07) is 6.44. The van der Waals surface area contributed by atoms with Crippen LogP contribution in [0.5, 0.6) is 5.75 Å². The average molecular weight is 265 g/mol. The van der Waals surface area contributed by atoms with Crippen LogP contribution in [0.1, 0.15) is 43.7 Å². The Labute approximate surface area is 117 Å². The van der Waals surface area contributed by atoms with Crippen LogP contribution < -0.4 is 4.74 Å². The van der Waals surface area contributed by atoms with E-state index in [9.17, 15) is 0 Å². The molecule has 0 bridgehead atoms. The van der Waals surface area contributed by atoms with E-state index in [1.165, 1.54) is 11.1 Å². The van der Waals surface area contributed by atoms with Gasteiger partial charge in [-0.15, -0.1) is 0 Å². The highest BCUT2D eigenvalue weighted by Crippen LogP contribution is 2.25. The molecule has 1 aromatic carbocycles. The number of rotatable bonds is 8. The van der Waals surface area contributed by atoms with Crippen LogP contribution in [0.25, 0.3) is 0 Å². The molecule has 0 spiro atoms. The molecule has 0 aromatic heterocycles. The van der Waals surface area contributed by atoms with Crippen LogP contribution in [-0.2, 0) is 6.54 Å². The standard InChI is InChI=1S/C16H27NO2/c1-13(2)14-7-8-16(19-4)15(11-14)12-17(3)9-5-6-10-18/h7-8,11,13,18H,5-6,9-10,12H2,1-4H3. The summed E-state index contributed by atoms with van der Waals surface area (Å²) in [4.78, 5) is 2.28. The molecule has 108 valence electrons. The summed E-state index contributed by atoms with van der Waals surface area (Å²) < 4.78 is 5.44. The van der Waals surface area contributed by atoms with Crippen molar-refractivity contribution in [3.8, 4) is 5.75 Å². The highest BCUT2D eigenvalue weighted by atomic mass is 16.5. The van der Waals surface area contributed by atoms with Crippen LogP contribution in [-0.4, -0.2) is 37.3 Å². The Morgan fingerprint density at radius 3 is 2.58 bits per heavy atom. The monoisotopic (exact) mass is 265 g/mol. The third kappa shape index (κ3) is 5.21. The van der Waals surface area contributed by atoms with Gasteiger partial charge < -0.3 is 14.7 Å². The summed E-state index contributed by atoms with van der Waals surface area (Å²) >= 11 is 0. The molecule has 0 saturated carbocycles. The van der Waals surface area contributed by atoms with Gasteiger partial charge in [0.15, 0.2) is 0 Å². The van der Waals surface area contributed by atoms with Crippen molar-refractivity contribution in [1.29, 1.82) is 0 Å². The fourth-order valence-electron chi connectivity index (χ4n) is 2.14. The zero-order valence-electron chi connectivity index (χ0n) is 12.6. The first kappa shape index (κ1) is 16.0. The molecule has 0 radical (unpaired) electrons. The van der Waals surface area contributed by atoms with Crippen molar-refractivity contribution in [3.05, 3.63) is 29.3 Å². The molecule has 3 nitrogen and oxygen atoms in total. The SMILES string of the molecule is COc1ccc(C(C)C)cc1CN(C)CCCCO. The van der Waals surface area contributed by atoms with E-state index in [0.29, 0.717) is 5.92 Å². The minimum absolute atomic E-state index is 0.278. The Kier molecular flexibility index (Phi) is 6.89. The molecule has 1 N–H and O–H groups in total. The number of hydrogen-bond donors (Lipinski definition) is 1. The van der Waals surface area contributed by atoms with E-state index in [2.05, 4.69) is 44.0 Å². The maximum Gasteiger partial charge on any atom is 0.123 e. The van der Waals surface area contributed by atoms with Crippen LogP contribution in [0.15, 0.2) is 18.2 Å². The number of benzene rings is 1. The zero-order chi connectivity index (χ0) is 14.3. The van der Waals surface area contributed by atoms with Crippen molar-refractivity contribution in [2.75, 3.05) is 27.3 Å². The molecule has 0 saturated heterocycles. The molecule has 0 heterocycles. The molecule has 1 rings (SSSR count). The van der Waals surface area contributed by atoms with E-state index in [0.717, 1.165) is 31.7 Å². The quantitative estimate of drug-likeness (QED) is 0.733. The van der Waals surface area contributed by atoms with Gasteiger partial charge in [-0.05, 0) is 44.0 Å². The highest BCUT2D eigenvalue weighted by molar-refractivity contribution is 5.38. The summed E-state index contributed by atoms with van der Waals surface area (Å²) in [6.07, 6.45) is 1.90. The van der Waals surface area contributed by atoms with Gasteiger partial charge in [-0.3, -0.25) is 0 Å². The van der Waals surface area contributed by atoms with Gasteiger partial charge in [0.25, 0.3) is 0 Å². The lowest BCUT2D eigenvalue weighted by Gasteiger charge is -2.19. The lowest BCUT2D eigenvalue weighted by molar-refractivity contribution is 0.259. The lowest BCUT2D eigenvalue weighted by Crippen LogP contribution is -2.20. The Balaban J connectivity index is 2.71. The van der Waals surface area contributed by atoms with Crippen LogP contribution in [0.2, 0.25) is 0 Å². The zero-order valence-corrected chi connectivity index (χ0v) is 12.6. The van der Waals surface area contributed by atoms with Crippen LogP contribution >= 0.6 is 0 Å². The lowest BCUT2D eigenvalue weighted by atomic mass is 10.00. The van der Waals surface area contributed by atoms with Gasteiger partial charge >= 0.3 is 0 Å². The molecule has 3 heteroatoms. The van der Waals surface area contributed by atoms with Gasteiger partial charge in [-0.1, -0.05) is 26.0 Å². The molecule has 0 amide bonds. The van der Waals surface area contributed by atoms with E-state index in [1.807, 2.05) is 0 Å². The van der Waals surface area contributed by atoms with E-state index in [1.54, 1.807) is 7.11 Å². The minimum Gasteiger partial charge on any atom is -0.496 e. The summed E-state index contributed by atoms with van der Waals surface area (Å²) in [5.41, 5.74) is 2.58. The molecule has 0 unspecified atom stereocenters. The topological polar surface area (TPSA) is 32.7 Å². The number of aliphatic hydroxyl groups excluding tert-OH is 1. The summed E-state index contributed by atoms with van der Waals surface area (Å²) in [7, 11) is 3.83. The molecule has 0 aliphatic heterocycles. The second kappa shape index (κ2) is 8.18. The first-order valence-electron chi connectivity index (χ1n) is 7.04.